The molecule has 6 heteroatoms. The number of rotatable bonds is 52. The Hall–Kier alpha value is -2.37. The summed E-state index contributed by atoms with van der Waals surface area (Å²) in [6, 6.07) is 0. The van der Waals surface area contributed by atoms with Gasteiger partial charge in [0, 0.05) is 19.3 Å². The second-order valence-corrected chi connectivity index (χ2v) is 19.2. The molecule has 0 N–H and O–H groups in total. The summed E-state index contributed by atoms with van der Waals surface area (Å²) in [5, 5.41) is 0. The van der Waals surface area contributed by atoms with Crippen LogP contribution in [-0.4, -0.2) is 37.2 Å². The van der Waals surface area contributed by atoms with Gasteiger partial charge < -0.3 is 14.2 Å². The number of unbranched alkanes of at least 4 members (excludes halogenated alkanes) is 35. The molecule has 0 fully saturated rings. The van der Waals surface area contributed by atoms with E-state index >= 15 is 0 Å². The number of esters is 3. The van der Waals surface area contributed by atoms with Gasteiger partial charge in [-0.2, -0.15) is 0 Å². The summed E-state index contributed by atoms with van der Waals surface area (Å²) < 4.78 is 16.8. The third-order valence-corrected chi connectivity index (χ3v) is 12.6. The average molecular weight is 914 g/mol. The molecule has 0 saturated carbocycles. The smallest absolute Gasteiger partial charge is 0.306 e. The van der Waals surface area contributed by atoms with Crippen LogP contribution in [0.1, 0.15) is 303 Å². The van der Waals surface area contributed by atoms with Crippen molar-refractivity contribution in [2.75, 3.05) is 13.2 Å². The molecule has 0 spiro atoms. The molecule has 380 valence electrons. The topological polar surface area (TPSA) is 78.9 Å². The highest BCUT2D eigenvalue weighted by Crippen LogP contribution is 2.16. The SMILES string of the molecule is CCCCC/C=C\CCCCCCCC(=O)OC(COC(=O)CCCCCCCCCC)COC(=O)CCCCCCCCCCCCCCCCC/C=C\C/C=C\CCCCCCC. The molecule has 0 saturated heterocycles. The molecule has 0 radical (unpaired) electrons. The van der Waals surface area contributed by atoms with E-state index in [2.05, 4.69) is 57.2 Å². The third kappa shape index (κ3) is 52.5. The molecule has 0 aromatic heterocycles. The van der Waals surface area contributed by atoms with Crippen molar-refractivity contribution in [3.8, 4) is 0 Å². The van der Waals surface area contributed by atoms with Crippen molar-refractivity contribution in [3.63, 3.8) is 0 Å². The molecule has 0 aliphatic carbocycles. The van der Waals surface area contributed by atoms with Crippen LogP contribution in [0.2, 0.25) is 0 Å². The molecule has 0 amide bonds. The number of carbonyl (C=O) groups is 3. The molecule has 0 aliphatic rings. The average Bonchev–Trinajstić information content (AvgIpc) is 3.30. The highest BCUT2D eigenvalue weighted by atomic mass is 16.6. The van der Waals surface area contributed by atoms with Crippen LogP contribution in [-0.2, 0) is 28.6 Å². The van der Waals surface area contributed by atoms with Gasteiger partial charge in [-0.1, -0.05) is 243 Å². The van der Waals surface area contributed by atoms with Crippen molar-refractivity contribution in [1.82, 2.24) is 0 Å². The minimum atomic E-state index is -0.770. The summed E-state index contributed by atoms with van der Waals surface area (Å²) >= 11 is 0. The van der Waals surface area contributed by atoms with E-state index in [1.54, 1.807) is 0 Å². The molecule has 0 rings (SSSR count). The van der Waals surface area contributed by atoms with E-state index < -0.39 is 6.10 Å². The fourth-order valence-corrected chi connectivity index (χ4v) is 8.29. The largest absolute Gasteiger partial charge is 0.462 e. The third-order valence-electron chi connectivity index (χ3n) is 12.6. The van der Waals surface area contributed by atoms with Crippen molar-refractivity contribution in [1.29, 1.82) is 0 Å². The maximum atomic E-state index is 12.8. The summed E-state index contributed by atoms with van der Waals surface area (Å²) in [6.07, 6.45) is 64.5. The first-order chi connectivity index (χ1) is 32.0. The van der Waals surface area contributed by atoms with Crippen LogP contribution in [0.25, 0.3) is 0 Å². The Morgan fingerprint density at radius 3 is 0.892 bits per heavy atom. The van der Waals surface area contributed by atoms with Crippen molar-refractivity contribution in [2.45, 2.75) is 309 Å². The van der Waals surface area contributed by atoms with Gasteiger partial charge in [0.15, 0.2) is 6.10 Å². The van der Waals surface area contributed by atoms with Crippen molar-refractivity contribution in [3.05, 3.63) is 36.5 Å². The quantitative estimate of drug-likeness (QED) is 0.0262. The summed E-state index contributed by atoms with van der Waals surface area (Å²) in [5.74, 6) is -0.874. The Morgan fingerprint density at radius 2 is 0.554 bits per heavy atom. The van der Waals surface area contributed by atoms with E-state index in [-0.39, 0.29) is 31.1 Å². The number of hydrogen-bond donors (Lipinski definition) is 0. The Morgan fingerprint density at radius 1 is 0.308 bits per heavy atom. The lowest BCUT2D eigenvalue weighted by molar-refractivity contribution is -0.167. The molecular weight excluding hydrogens is 805 g/mol. The Bertz CT molecular complexity index is 1090. The highest BCUT2D eigenvalue weighted by molar-refractivity contribution is 5.71. The monoisotopic (exact) mass is 913 g/mol. The first kappa shape index (κ1) is 62.6. The molecule has 0 aromatic rings. The van der Waals surface area contributed by atoms with Gasteiger partial charge in [0.1, 0.15) is 13.2 Å². The summed E-state index contributed by atoms with van der Waals surface area (Å²) in [4.78, 5) is 37.9. The summed E-state index contributed by atoms with van der Waals surface area (Å²) in [6.45, 7) is 6.59. The standard InChI is InChI=1S/C59H108O6/c1-4-7-10-13-16-19-21-23-24-25-26-27-28-29-30-31-32-33-34-35-36-37-39-40-43-46-49-52-58(61)64-55-56(54-63-57(60)51-48-45-42-18-15-12-9-6-3)65-59(62)53-50-47-44-41-38-22-20-17-14-11-8-5-2/h17,20-21,23,25-26,56H,4-16,18-19,22,24,27-55H2,1-3H3/b20-17-,23-21-,26-25-. The van der Waals surface area contributed by atoms with Crippen LogP contribution in [0.4, 0.5) is 0 Å². The number of ether oxygens (including phenoxy) is 3. The molecule has 65 heavy (non-hydrogen) atoms. The molecule has 0 bridgehead atoms. The van der Waals surface area contributed by atoms with Crippen LogP contribution in [0, 0.1) is 0 Å². The van der Waals surface area contributed by atoms with Crippen LogP contribution in [0.5, 0.6) is 0 Å². The summed E-state index contributed by atoms with van der Waals surface area (Å²) in [5.41, 5.74) is 0. The maximum absolute atomic E-state index is 12.8. The fraction of sp³-hybridized carbons (Fsp3) is 0.847. The second-order valence-electron chi connectivity index (χ2n) is 19.2. The number of allylic oxidation sites excluding steroid dienone is 6. The van der Waals surface area contributed by atoms with E-state index in [0.29, 0.717) is 19.3 Å². The van der Waals surface area contributed by atoms with E-state index in [9.17, 15) is 14.4 Å². The molecule has 6 nitrogen and oxygen atoms in total. The van der Waals surface area contributed by atoms with Gasteiger partial charge in [0.2, 0.25) is 0 Å². The Balaban J connectivity index is 4.07. The highest BCUT2D eigenvalue weighted by Gasteiger charge is 2.19. The Labute approximate surface area is 404 Å². The van der Waals surface area contributed by atoms with Crippen LogP contribution < -0.4 is 0 Å². The lowest BCUT2D eigenvalue weighted by Gasteiger charge is -2.18. The minimum Gasteiger partial charge on any atom is -0.462 e. The molecule has 1 atom stereocenters. The van der Waals surface area contributed by atoms with Gasteiger partial charge >= 0.3 is 17.9 Å². The maximum Gasteiger partial charge on any atom is 0.306 e. The van der Waals surface area contributed by atoms with Gasteiger partial charge in [-0.15, -0.1) is 0 Å². The van der Waals surface area contributed by atoms with Gasteiger partial charge in [0.25, 0.3) is 0 Å². The van der Waals surface area contributed by atoms with Crippen LogP contribution in [0.3, 0.4) is 0 Å². The lowest BCUT2D eigenvalue weighted by Crippen LogP contribution is -2.30. The zero-order chi connectivity index (χ0) is 47.2. The van der Waals surface area contributed by atoms with E-state index in [1.807, 2.05) is 0 Å². The predicted octanol–water partition coefficient (Wildman–Crippen LogP) is 18.9. The molecule has 1 unspecified atom stereocenters. The van der Waals surface area contributed by atoms with Gasteiger partial charge in [-0.05, 0) is 77.0 Å². The van der Waals surface area contributed by atoms with Crippen LogP contribution in [0.15, 0.2) is 36.5 Å². The van der Waals surface area contributed by atoms with Crippen molar-refractivity contribution in [2.24, 2.45) is 0 Å². The minimum absolute atomic E-state index is 0.0722. The van der Waals surface area contributed by atoms with Crippen molar-refractivity contribution < 1.29 is 28.6 Å². The molecule has 0 aromatic carbocycles. The van der Waals surface area contributed by atoms with E-state index in [0.717, 1.165) is 70.6 Å². The molecule has 0 aliphatic heterocycles. The number of hydrogen-bond acceptors (Lipinski definition) is 6. The summed E-state index contributed by atoms with van der Waals surface area (Å²) in [7, 11) is 0. The normalized spacial score (nSPS) is 12.2. The first-order valence-electron chi connectivity index (χ1n) is 28.5. The van der Waals surface area contributed by atoms with Crippen LogP contribution >= 0.6 is 0 Å². The fourth-order valence-electron chi connectivity index (χ4n) is 8.29. The first-order valence-corrected chi connectivity index (χ1v) is 28.5. The van der Waals surface area contributed by atoms with E-state index in [4.69, 9.17) is 14.2 Å². The van der Waals surface area contributed by atoms with E-state index in [1.165, 1.54) is 193 Å². The zero-order valence-corrected chi connectivity index (χ0v) is 43.5. The van der Waals surface area contributed by atoms with Crippen molar-refractivity contribution >= 4 is 17.9 Å². The zero-order valence-electron chi connectivity index (χ0n) is 43.5. The molecule has 0 heterocycles. The molecular formula is C59H108O6. The lowest BCUT2D eigenvalue weighted by atomic mass is 10.0. The number of carbonyl (C=O) groups excluding carboxylic acids is 3. The second kappa shape index (κ2) is 54.2. The van der Waals surface area contributed by atoms with Gasteiger partial charge in [0.05, 0.1) is 0 Å². The van der Waals surface area contributed by atoms with Gasteiger partial charge in [-0.25, -0.2) is 0 Å². The Kier molecular flexibility index (Phi) is 52.3. The van der Waals surface area contributed by atoms with Gasteiger partial charge in [-0.3, -0.25) is 14.4 Å². The predicted molar refractivity (Wildman–Crippen MR) is 279 cm³/mol.